The molecule has 2 aromatic heterocycles. The molecule has 2 aromatic rings. The van der Waals surface area contributed by atoms with Crippen molar-refractivity contribution in [2.24, 2.45) is 11.8 Å². The van der Waals surface area contributed by atoms with Gasteiger partial charge in [0.15, 0.2) is 5.78 Å². The Hall–Kier alpha value is -2.02. The minimum Gasteiger partial charge on any atom is -0.411 e. The number of thiophene rings is 1. The number of hydrogen-bond donors (Lipinski definition) is 1. The van der Waals surface area contributed by atoms with Gasteiger partial charge < -0.3 is 9.73 Å². The predicted octanol–water partition coefficient (Wildman–Crippen LogP) is 4.00. The van der Waals surface area contributed by atoms with E-state index in [1.807, 2.05) is 0 Å². The van der Waals surface area contributed by atoms with Crippen LogP contribution in [0.3, 0.4) is 0 Å². The van der Waals surface area contributed by atoms with Crippen molar-refractivity contribution < 1.29 is 14.0 Å². The van der Waals surface area contributed by atoms with Crippen LogP contribution in [0.15, 0.2) is 10.8 Å². The number of hydrogen-bond acceptors (Lipinski definition) is 7. The molecule has 2 fully saturated rings. The fourth-order valence-corrected chi connectivity index (χ4v) is 5.58. The lowest BCUT2D eigenvalue weighted by Gasteiger charge is -2.23. The van der Waals surface area contributed by atoms with Crippen molar-refractivity contribution in [3.8, 4) is 0 Å². The Morgan fingerprint density at radius 3 is 2.79 bits per heavy atom. The van der Waals surface area contributed by atoms with Gasteiger partial charge in [0.25, 0.3) is 0 Å². The van der Waals surface area contributed by atoms with E-state index in [4.69, 9.17) is 4.42 Å². The number of nitrogens with zero attached hydrogens (tertiary/aromatic N) is 2. The van der Waals surface area contributed by atoms with Crippen molar-refractivity contribution in [3.05, 3.63) is 27.3 Å². The average Bonchev–Trinajstić information content (AvgIpc) is 3.61. The Labute approximate surface area is 168 Å². The molecule has 0 bridgehead atoms. The lowest BCUT2D eigenvalue weighted by Crippen LogP contribution is -2.27. The number of carbonyl (C=O) groups excluding carboxylic acids is 2. The summed E-state index contributed by atoms with van der Waals surface area (Å²) in [4.78, 5) is 27.9. The molecule has 0 aliphatic heterocycles. The molecule has 1 unspecified atom stereocenters. The molecular weight excluding hydrogens is 374 g/mol. The molecule has 1 atom stereocenters. The molecule has 0 radical (unpaired) electrons. The predicted molar refractivity (Wildman–Crippen MR) is 106 cm³/mol. The van der Waals surface area contributed by atoms with Crippen LogP contribution in [-0.4, -0.2) is 27.8 Å². The second-order valence-corrected chi connectivity index (χ2v) is 9.64. The van der Waals surface area contributed by atoms with Gasteiger partial charge in [0.1, 0.15) is 5.78 Å². The maximum atomic E-state index is 13.2. The number of fused-ring (bicyclic) bond motifs is 1. The number of ketones is 2. The standard InChI is InChI=1S/C21H25N3O3S/c25-16(7-3-12-1-2-12)20-15-9-14(23-21-24-22-11-27-21)6-8-18(15)28-19(20)10-17(26)13-4-5-13/h11-14H,1-10H2,(H,23,24). The Balaban J connectivity index is 1.39. The van der Waals surface area contributed by atoms with Crippen molar-refractivity contribution >= 4 is 28.9 Å². The van der Waals surface area contributed by atoms with Crippen LogP contribution in [0.25, 0.3) is 0 Å². The van der Waals surface area contributed by atoms with Gasteiger partial charge in [-0.3, -0.25) is 9.59 Å². The normalized spacial score (nSPS) is 21.4. The summed E-state index contributed by atoms with van der Waals surface area (Å²) in [6, 6.07) is 0.596. The molecule has 1 N–H and O–H groups in total. The minimum atomic E-state index is 0.171. The number of anilines is 1. The van der Waals surface area contributed by atoms with Gasteiger partial charge in [0.2, 0.25) is 6.39 Å². The molecule has 148 valence electrons. The van der Waals surface area contributed by atoms with Crippen molar-refractivity contribution in [1.82, 2.24) is 10.2 Å². The SMILES string of the molecule is O=C(CCC1CC1)c1c(CC(=O)C2CC2)sc2c1CC(Nc1nnco1)CC2. The highest BCUT2D eigenvalue weighted by Gasteiger charge is 2.34. The summed E-state index contributed by atoms with van der Waals surface area (Å²) in [5.41, 5.74) is 2.03. The lowest BCUT2D eigenvalue weighted by atomic mass is 9.88. The van der Waals surface area contributed by atoms with Crippen molar-refractivity contribution in [2.75, 3.05) is 5.32 Å². The van der Waals surface area contributed by atoms with Crippen LogP contribution in [0, 0.1) is 11.8 Å². The summed E-state index contributed by atoms with van der Waals surface area (Å²) >= 11 is 1.70. The molecule has 0 saturated heterocycles. The van der Waals surface area contributed by atoms with E-state index in [1.54, 1.807) is 11.3 Å². The van der Waals surface area contributed by atoms with Gasteiger partial charge in [-0.15, -0.1) is 16.4 Å². The van der Waals surface area contributed by atoms with E-state index in [1.165, 1.54) is 24.1 Å². The molecule has 3 aliphatic carbocycles. The summed E-state index contributed by atoms with van der Waals surface area (Å²) < 4.78 is 5.22. The summed E-state index contributed by atoms with van der Waals surface area (Å²) in [7, 11) is 0. The molecular formula is C21H25N3O3S. The zero-order chi connectivity index (χ0) is 19.1. The molecule has 28 heavy (non-hydrogen) atoms. The van der Waals surface area contributed by atoms with E-state index in [0.29, 0.717) is 24.6 Å². The highest BCUT2D eigenvalue weighted by Crippen LogP contribution is 2.40. The van der Waals surface area contributed by atoms with Gasteiger partial charge in [-0.2, -0.15) is 0 Å². The van der Waals surface area contributed by atoms with Gasteiger partial charge in [-0.05, 0) is 50.0 Å². The quantitative estimate of drug-likeness (QED) is 0.642. The monoisotopic (exact) mass is 399 g/mol. The van der Waals surface area contributed by atoms with E-state index < -0.39 is 0 Å². The first-order valence-corrected chi connectivity index (χ1v) is 11.2. The van der Waals surface area contributed by atoms with Gasteiger partial charge in [-0.25, -0.2) is 0 Å². The average molecular weight is 400 g/mol. The largest absolute Gasteiger partial charge is 0.411 e. The molecule has 2 saturated carbocycles. The maximum absolute atomic E-state index is 13.2. The summed E-state index contributed by atoms with van der Waals surface area (Å²) in [5, 5.41) is 10.9. The van der Waals surface area contributed by atoms with Crippen molar-refractivity contribution in [2.45, 2.75) is 70.3 Å². The summed E-state index contributed by atoms with van der Waals surface area (Å²) in [6.07, 6.45) is 10.6. The first-order valence-electron chi connectivity index (χ1n) is 10.4. The van der Waals surface area contributed by atoms with E-state index in [0.717, 1.165) is 60.4 Å². The van der Waals surface area contributed by atoms with E-state index in [2.05, 4.69) is 15.5 Å². The Kier molecular flexibility index (Phi) is 4.78. The maximum Gasteiger partial charge on any atom is 0.315 e. The highest BCUT2D eigenvalue weighted by molar-refractivity contribution is 7.12. The minimum absolute atomic E-state index is 0.171. The first-order chi connectivity index (χ1) is 13.7. The number of aryl methyl sites for hydroxylation is 1. The van der Waals surface area contributed by atoms with Crippen LogP contribution >= 0.6 is 11.3 Å². The third-order valence-corrected chi connectivity index (χ3v) is 7.44. The first kappa shape index (κ1) is 18.0. The molecule has 5 rings (SSSR count). The summed E-state index contributed by atoms with van der Waals surface area (Å²) in [5.74, 6) is 1.53. The zero-order valence-electron chi connectivity index (χ0n) is 15.9. The van der Waals surface area contributed by atoms with E-state index >= 15 is 0 Å². The number of aromatic nitrogens is 2. The van der Waals surface area contributed by atoms with Gasteiger partial charge in [0.05, 0.1) is 0 Å². The smallest absolute Gasteiger partial charge is 0.315 e. The van der Waals surface area contributed by atoms with Crippen LogP contribution < -0.4 is 5.32 Å². The Bertz CT molecular complexity index is 881. The van der Waals surface area contributed by atoms with Gasteiger partial charge in [0, 0.05) is 40.1 Å². The number of carbonyl (C=O) groups is 2. The topological polar surface area (TPSA) is 85.1 Å². The fraction of sp³-hybridized carbons (Fsp3) is 0.619. The van der Waals surface area contributed by atoms with Crippen molar-refractivity contribution in [3.63, 3.8) is 0 Å². The van der Waals surface area contributed by atoms with Crippen LogP contribution in [0.4, 0.5) is 6.01 Å². The molecule has 2 heterocycles. The van der Waals surface area contributed by atoms with Crippen LogP contribution in [-0.2, 0) is 24.1 Å². The Morgan fingerprint density at radius 1 is 1.21 bits per heavy atom. The molecule has 0 aromatic carbocycles. The second-order valence-electron chi connectivity index (χ2n) is 8.45. The highest BCUT2D eigenvalue weighted by atomic mass is 32.1. The fourth-order valence-electron chi connectivity index (χ4n) is 4.20. The molecule has 3 aliphatic rings. The van der Waals surface area contributed by atoms with E-state index in [-0.39, 0.29) is 17.7 Å². The number of rotatable bonds is 9. The Morgan fingerprint density at radius 2 is 2.07 bits per heavy atom. The molecule has 0 spiro atoms. The van der Waals surface area contributed by atoms with Gasteiger partial charge >= 0.3 is 6.01 Å². The molecule has 0 amide bonds. The van der Waals surface area contributed by atoms with Crippen LogP contribution in [0.5, 0.6) is 0 Å². The van der Waals surface area contributed by atoms with Crippen LogP contribution in [0.2, 0.25) is 0 Å². The molecule has 6 nitrogen and oxygen atoms in total. The number of Topliss-reactive ketones (excluding diaryl/α,β-unsaturated/α-hetero) is 2. The third kappa shape index (κ3) is 3.90. The number of nitrogens with one attached hydrogen (secondary N) is 1. The van der Waals surface area contributed by atoms with Crippen LogP contribution in [0.1, 0.15) is 70.6 Å². The van der Waals surface area contributed by atoms with Crippen molar-refractivity contribution in [1.29, 1.82) is 0 Å². The van der Waals surface area contributed by atoms with E-state index in [9.17, 15) is 9.59 Å². The third-order valence-electron chi connectivity index (χ3n) is 6.14. The molecule has 7 heteroatoms. The lowest BCUT2D eigenvalue weighted by molar-refractivity contribution is -0.119. The summed E-state index contributed by atoms with van der Waals surface area (Å²) in [6.45, 7) is 0. The zero-order valence-corrected chi connectivity index (χ0v) is 16.7. The second kappa shape index (κ2) is 7.43. The van der Waals surface area contributed by atoms with Gasteiger partial charge in [-0.1, -0.05) is 17.9 Å².